The number of H-pyrrole nitrogens is 1. The number of rotatable bonds is 4. The summed E-state index contributed by atoms with van der Waals surface area (Å²) >= 11 is 1.63. The topological polar surface area (TPSA) is 54.5 Å². The molecule has 0 aliphatic carbocycles. The molecule has 0 saturated carbocycles. The van der Waals surface area contributed by atoms with Crippen LogP contribution in [-0.2, 0) is 6.42 Å². The molecule has 0 atom stereocenters. The molecule has 0 bridgehead atoms. The largest absolute Gasteiger partial charge is 0.341 e. The van der Waals surface area contributed by atoms with Crippen molar-refractivity contribution in [3.8, 4) is 0 Å². The highest BCUT2D eigenvalue weighted by atomic mass is 32.2. The highest BCUT2D eigenvalue weighted by molar-refractivity contribution is 7.99. The van der Waals surface area contributed by atoms with Gasteiger partial charge in [0.15, 0.2) is 5.65 Å². The third-order valence-electron chi connectivity index (χ3n) is 2.97. The zero-order chi connectivity index (χ0) is 13.9. The van der Waals surface area contributed by atoms with E-state index in [-0.39, 0.29) is 0 Å². The lowest BCUT2D eigenvalue weighted by molar-refractivity contribution is 0.647. The Hall–Kier alpha value is -1.88. The zero-order valence-electron chi connectivity index (χ0n) is 11.5. The van der Waals surface area contributed by atoms with E-state index in [1.165, 1.54) is 10.5 Å². The molecule has 0 radical (unpaired) electrons. The lowest BCUT2D eigenvalue weighted by atomic mass is 10.0. The molecule has 0 amide bonds. The lowest BCUT2D eigenvalue weighted by Crippen LogP contribution is -1.93. The Kier molecular flexibility index (Phi) is 3.69. The van der Waals surface area contributed by atoms with Crippen molar-refractivity contribution < 1.29 is 0 Å². The molecule has 0 saturated heterocycles. The van der Waals surface area contributed by atoms with Crippen LogP contribution in [0.4, 0.5) is 0 Å². The van der Waals surface area contributed by atoms with Crippen LogP contribution in [0.15, 0.2) is 46.8 Å². The summed E-state index contributed by atoms with van der Waals surface area (Å²) in [7, 11) is 0. The number of aromatic nitrogens is 4. The van der Waals surface area contributed by atoms with Gasteiger partial charge >= 0.3 is 0 Å². The van der Waals surface area contributed by atoms with Crippen molar-refractivity contribution in [1.82, 2.24) is 19.9 Å². The number of hydrogen-bond acceptors (Lipinski definition) is 4. The Balaban J connectivity index is 1.82. The average molecular weight is 284 g/mol. The van der Waals surface area contributed by atoms with Crippen LogP contribution >= 0.6 is 11.8 Å². The van der Waals surface area contributed by atoms with Gasteiger partial charge < -0.3 is 4.98 Å². The van der Waals surface area contributed by atoms with Gasteiger partial charge in [-0.2, -0.15) is 0 Å². The molecule has 1 N–H and O–H groups in total. The van der Waals surface area contributed by atoms with Crippen molar-refractivity contribution >= 4 is 22.9 Å². The molecule has 0 aliphatic rings. The SMILES string of the molecule is CC(C)Cc1ccc(Sc2ncnc3nc[nH]c23)cc1. The van der Waals surface area contributed by atoms with Crippen LogP contribution in [0.25, 0.3) is 11.2 Å². The fourth-order valence-corrected chi connectivity index (χ4v) is 2.94. The number of fused-ring (bicyclic) bond motifs is 1. The van der Waals surface area contributed by atoms with E-state index in [0.717, 1.165) is 17.0 Å². The molecule has 3 rings (SSSR count). The van der Waals surface area contributed by atoms with Crippen LogP contribution < -0.4 is 0 Å². The molecule has 5 heteroatoms. The molecular formula is C15H16N4S. The monoisotopic (exact) mass is 284 g/mol. The third-order valence-corrected chi connectivity index (χ3v) is 3.98. The Morgan fingerprint density at radius 3 is 2.65 bits per heavy atom. The molecule has 0 fully saturated rings. The zero-order valence-corrected chi connectivity index (χ0v) is 12.3. The summed E-state index contributed by atoms with van der Waals surface area (Å²) in [5, 5.41) is 0.907. The summed E-state index contributed by atoms with van der Waals surface area (Å²) in [6, 6.07) is 8.67. The van der Waals surface area contributed by atoms with E-state index in [1.54, 1.807) is 24.4 Å². The van der Waals surface area contributed by atoms with E-state index in [4.69, 9.17) is 0 Å². The van der Waals surface area contributed by atoms with Gasteiger partial charge in [0.05, 0.1) is 6.33 Å². The smallest absolute Gasteiger partial charge is 0.181 e. The lowest BCUT2D eigenvalue weighted by Gasteiger charge is -2.06. The van der Waals surface area contributed by atoms with Crippen molar-refractivity contribution in [3.63, 3.8) is 0 Å². The summed E-state index contributed by atoms with van der Waals surface area (Å²) in [6.07, 6.45) is 4.32. The fourth-order valence-electron chi connectivity index (χ4n) is 2.10. The minimum atomic E-state index is 0.681. The van der Waals surface area contributed by atoms with Gasteiger partial charge in [0, 0.05) is 4.90 Å². The maximum absolute atomic E-state index is 4.33. The molecule has 20 heavy (non-hydrogen) atoms. The van der Waals surface area contributed by atoms with E-state index in [9.17, 15) is 0 Å². The van der Waals surface area contributed by atoms with Gasteiger partial charge in [0.25, 0.3) is 0 Å². The molecular weight excluding hydrogens is 268 g/mol. The molecule has 4 nitrogen and oxygen atoms in total. The average Bonchev–Trinajstić information content (AvgIpc) is 2.90. The highest BCUT2D eigenvalue weighted by Crippen LogP contribution is 2.29. The maximum atomic E-state index is 4.33. The normalized spacial score (nSPS) is 11.3. The van der Waals surface area contributed by atoms with Gasteiger partial charge in [-0.3, -0.25) is 0 Å². The van der Waals surface area contributed by atoms with E-state index in [2.05, 4.69) is 58.0 Å². The van der Waals surface area contributed by atoms with Crippen LogP contribution in [0.2, 0.25) is 0 Å². The predicted molar refractivity (Wildman–Crippen MR) is 80.8 cm³/mol. The summed E-state index contributed by atoms with van der Waals surface area (Å²) in [5.74, 6) is 0.681. The van der Waals surface area contributed by atoms with Crippen molar-refractivity contribution in [2.45, 2.75) is 30.2 Å². The van der Waals surface area contributed by atoms with Crippen molar-refractivity contribution in [2.24, 2.45) is 5.92 Å². The van der Waals surface area contributed by atoms with E-state index in [1.807, 2.05) is 0 Å². The van der Waals surface area contributed by atoms with Gasteiger partial charge in [0.2, 0.25) is 0 Å². The quantitative estimate of drug-likeness (QED) is 0.742. The van der Waals surface area contributed by atoms with Crippen molar-refractivity contribution in [1.29, 1.82) is 0 Å². The van der Waals surface area contributed by atoms with E-state index in [0.29, 0.717) is 11.6 Å². The van der Waals surface area contributed by atoms with Gasteiger partial charge in [0.1, 0.15) is 16.9 Å². The first-order valence-electron chi connectivity index (χ1n) is 6.63. The standard InChI is InChI=1S/C15H16N4S/c1-10(2)7-11-3-5-12(6-4-11)20-15-13-14(17-8-16-13)18-9-19-15/h3-6,8-10H,7H2,1-2H3,(H,16,17,18,19). The number of nitrogens with one attached hydrogen (secondary N) is 1. The Morgan fingerprint density at radius 1 is 1.10 bits per heavy atom. The minimum absolute atomic E-state index is 0.681. The Labute approximate surface area is 122 Å². The van der Waals surface area contributed by atoms with Gasteiger partial charge in [-0.25, -0.2) is 15.0 Å². The summed E-state index contributed by atoms with van der Waals surface area (Å²) in [6.45, 7) is 4.47. The second kappa shape index (κ2) is 5.63. The summed E-state index contributed by atoms with van der Waals surface area (Å²) in [4.78, 5) is 16.9. The van der Waals surface area contributed by atoms with Gasteiger partial charge in [-0.1, -0.05) is 37.7 Å². The number of nitrogens with zero attached hydrogens (tertiary/aromatic N) is 3. The van der Waals surface area contributed by atoms with Gasteiger partial charge in [-0.05, 0) is 30.0 Å². The first kappa shape index (κ1) is 13.1. The Bertz CT molecular complexity index is 703. The predicted octanol–water partition coefficient (Wildman–Crippen LogP) is 3.70. The molecule has 0 unspecified atom stereocenters. The molecule has 1 aromatic carbocycles. The second-order valence-electron chi connectivity index (χ2n) is 5.12. The number of aromatic amines is 1. The first-order valence-corrected chi connectivity index (χ1v) is 7.45. The number of hydrogen-bond donors (Lipinski definition) is 1. The highest BCUT2D eigenvalue weighted by Gasteiger charge is 2.07. The molecule has 3 aromatic rings. The third kappa shape index (κ3) is 2.82. The van der Waals surface area contributed by atoms with Crippen LogP contribution in [0.5, 0.6) is 0 Å². The van der Waals surface area contributed by atoms with Crippen LogP contribution in [0.3, 0.4) is 0 Å². The summed E-state index contributed by atoms with van der Waals surface area (Å²) in [5.41, 5.74) is 2.97. The van der Waals surface area contributed by atoms with Crippen molar-refractivity contribution in [3.05, 3.63) is 42.5 Å². The van der Waals surface area contributed by atoms with Gasteiger partial charge in [-0.15, -0.1) is 0 Å². The first-order chi connectivity index (χ1) is 9.72. The molecule has 0 aliphatic heterocycles. The second-order valence-corrected chi connectivity index (χ2v) is 6.19. The van der Waals surface area contributed by atoms with Crippen LogP contribution in [0, 0.1) is 5.92 Å². The molecule has 0 spiro atoms. The minimum Gasteiger partial charge on any atom is -0.341 e. The van der Waals surface area contributed by atoms with E-state index >= 15 is 0 Å². The molecule has 2 aromatic heterocycles. The van der Waals surface area contributed by atoms with Crippen LogP contribution in [0.1, 0.15) is 19.4 Å². The summed E-state index contributed by atoms with van der Waals surface area (Å²) < 4.78 is 0. The number of imidazole rings is 1. The van der Waals surface area contributed by atoms with E-state index < -0.39 is 0 Å². The van der Waals surface area contributed by atoms with Crippen molar-refractivity contribution in [2.75, 3.05) is 0 Å². The van der Waals surface area contributed by atoms with Crippen LogP contribution in [-0.4, -0.2) is 19.9 Å². The molecule has 2 heterocycles. The number of benzene rings is 1. The molecule has 102 valence electrons. The Morgan fingerprint density at radius 2 is 1.90 bits per heavy atom. The maximum Gasteiger partial charge on any atom is 0.181 e. The fraction of sp³-hybridized carbons (Fsp3) is 0.267.